The second-order valence-electron chi connectivity index (χ2n) is 6.91. The number of amides is 2. The Labute approximate surface area is 179 Å². The summed E-state index contributed by atoms with van der Waals surface area (Å²) >= 11 is 5.95. The highest BCUT2D eigenvalue weighted by Gasteiger charge is 2.32. The van der Waals surface area contributed by atoms with Crippen LogP contribution < -0.4 is 5.32 Å². The molecule has 2 heterocycles. The minimum atomic E-state index is -0.543. The van der Waals surface area contributed by atoms with E-state index in [1.807, 2.05) is 17.0 Å². The van der Waals surface area contributed by atoms with Crippen LogP contribution in [0.1, 0.15) is 28.4 Å². The number of ether oxygens (including phenoxy) is 1. The molecule has 2 aromatic rings. The van der Waals surface area contributed by atoms with Crippen molar-refractivity contribution in [2.24, 2.45) is 0 Å². The summed E-state index contributed by atoms with van der Waals surface area (Å²) in [5, 5.41) is 3.30. The van der Waals surface area contributed by atoms with Gasteiger partial charge in [-0.2, -0.15) is 0 Å². The predicted molar refractivity (Wildman–Crippen MR) is 110 cm³/mol. The number of methoxy groups -OCH3 is 1. The van der Waals surface area contributed by atoms with E-state index >= 15 is 0 Å². The van der Waals surface area contributed by atoms with Gasteiger partial charge in [-0.05, 0) is 23.8 Å². The lowest BCUT2D eigenvalue weighted by atomic mass is 10.0. The van der Waals surface area contributed by atoms with Crippen molar-refractivity contribution >= 4 is 29.4 Å². The van der Waals surface area contributed by atoms with Gasteiger partial charge in [0.25, 0.3) is 5.91 Å². The zero-order chi connectivity index (χ0) is 21.5. The minimum absolute atomic E-state index is 0.0387. The lowest BCUT2D eigenvalue weighted by Crippen LogP contribution is -2.51. The smallest absolute Gasteiger partial charge is 0.327 e. The van der Waals surface area contributed by atoms with Crippen molar-refractivity contribution in [2.45, 2.75) is 12.5 Å². The number of benzene rings is 1. The van der Waals surface area contributed by atoms with E-state index in [1.165, 1.54) is 19.6 Å². The molecule has 1 aromatic carbocycles. The Morgan fingerprint density at radius 1 is 1.13 bits per heavy atom. The van der Waals surface area contributed by atoms with Crippen LogP contribution in [0.2, 0.25) is 5.02 Å². The molecule has 1 N–H and O–H groups in total. The summed E-state index contributed by atoms with van der Waals surface area (Å²) < 4.78 is 9.86. The summed E-state index contributed by atoms with van der Waals surface area (Å²) in [5.41, 5.74) is 1.22. The van der Waals surface area contributed by atoms with Crippen LogP contribution in [0, 0.1) is 0 Å². The fraction of sp³-hybridized carbons (Fsp3) is 0.381. The summed E-state index contributed by atoms with van der Waals surface area (Å²) in [6, 6.07) is 8.12. The average Bonchev–Trinajstić information content (AvgIpc) is 3.30. The van der Waals surface area contributed by atoms with Gasteiger partial charge in [-0.1, -0.05) is 23.7 Å². The van der Waals surface area contributed by atoms with Crippen molar-refractivity contribution < 1.29 is 23.5 Å². The molecule has 0 spiro atoms. The molecule has 1 fully saturated rings. The third kappa shape index (κ3) is 5.40. The van der Waals surface area contributed by atoms with Crippen LogP contribution in [0.15, 0.2) is 47.3 Å². The largest absolute Gasteiger partial charge is 0.472 e. The molecule has 2 amide bonds. The molecule has 1 aliphatic heterocycles. The van der Waals surface area contributed by atoms with Gasteiger partial charge in [0.15, 0.2) is 0 Å². The first kappa shape index (κ1) is 21.9. The number of hydrogen-bond acceptors (Lipinski definition) is 6. The van der Waals surface area contributed by atoms with Gasteiger partial charge in [0, 0.05) is 44.2 Å². The van der Waals surface area contributed by atoms with Crippen LogP contribution in [0.5, 0.6) is 0 Å². The van der Waals surface area contributed by atoms with E-state index < -0.39 is 6.04 Å². The number of hydrogen-bond donors (Lipinski definition) is 1. The van der Waals surface area contributed by atoms with Crippen molar-refractivity contribution in [1.29, 1.82) is 0 Å². The zero-order valence-corrected chi connectivity index (χ0v) is 17.4. The van der Waals surface area contributed by atoms with Gasteiger partial charge >= 0.3 is 5.97 Å². The lowest BCUT2D eigenvalue weighted by molar-refractivity contribution is -0.148. The first-order valence-corrected chi connectivity index (χ1v) is 10.0. The van der Waals surface area contributed by atoms with Crippen LogP contribution in [0.4, 0.5) is 0 Å². The second kappa shape index (κ2) is 10.3. The molecule has 1 atom stereocenters. The SMILES string of the molecule is COC(=O)C(c1ccc(Cl)cc1)N1CCN(C(=O)CCNC(=O)c2ccoc2)CC1. The minimum Gasteiger partial charge on any atom is -0.472 e. The number of halogens is 1. The number of furan rings is 1. The van der Waals surface area contributed by atoms with Crippen molar-refractivity contribution in [3.05, 3.63) is 59.0 Å². The quantitative estimate of drug-likeness (QED) is 0.672. The molecule has 1 unspecified atom stereocenters. The Balaban J connectivity index is 1.51. The van der Waals surface area contributed by atoms with E-state index in [9.17, 15) is 14.4 Å². The van der Waals surface area contributed by atoms with Crippen molar-refractivity contribution in [3.63, 3.8) is 0 Å². The number of nitrogens with zero attached hydrogens (tertiary/aromatic N) is 2. The van der Waals surface area contributed by atoms with Crippen molar-refractivity contribution in [2.75, 3.05) is 39.8 Å². The Hall–Kier alpha value is -2.84. The molecule has 0 bridgehead atoms. The van der Waals surface area contributed by atoms with Crippen LogP contribution in [0.3, 0.4) is 0 Å². The van der Waals surface area contributed by atoms with Gasteiger partial charge in [-0.15, -0.1) is 0 Å². The Bertz CT molecular complexity index is 861. The standard InChI is InChI=1S/C21H24ClN3O5/c1-29-21(28)19(15-2-4-17(22)5-3-15)25-11-9-24(10-12-25)18(26)6-8-23-20(27)16-7-13-30-14-16/h2-5,7,13-14,19H,6,8-12H2,1H3,(H,23,27). The molecule has 30 heavy (non-hydrogen) atoms. The highest BCUT2D eigenvalue weighted by atomic mass is 35.5. The average molecular weight is 434 g/mol. The van der Waals surface area contributed by atoms with Gasteiger partial charge in [-0.25, -0.2) is 4.79 Å². The molecule has 0 radical (unpaired) electrons. The first-order valence-electron chi connectivity index (χ1n) is 9.65. The summed E-state index contributed by atoms with van der Waals surface area (Å²) in [4.78, 5) is 40.5. The van der Waals surface area contributed by atoms with E-state index in [0.717, 1.165) is 5.56 Å². The van der Waals surface area contributed by atoms with Crippen molar-refractivity contribution in [1.82, 2.24) is 15.1 Å². The molecule has 8 nitrogen and oxygen atoms in total. The molecular weight excluding hydrogens is 410 g/mol. The maximum atomic E-state index is 12.5. The highest BCUT2D eigenvalue weighted by Crippen LogP contribution is 2.25. The van der Waals surface area contributed by atoms with E-state index in [0.29, 0.717) is 36.8 Å². The van der Waals surface area contributed by atoms with Gasteiger partial charge < -0.3 is 19.4 Å². The monoisotopic (exact) mass is 433 g/mol. The van der Waals surface area contributed by atoms with E-state index in [1.54, 1.807) is 23.1 Å². The summed E-state index contributed by atoms with van der Waals surface area (Å²) in [6.07, 6.45) is 2.99. The number of carbonyl (C=O) groups is 3. The topological polar surface area (TPSA) is 92.1 Å². The fourth-order valence-corrected chi connectivity index (χ4v) is 3.54. The molecule has 160 valence electrons. The molecule has 0 aliphatic carbocycles. The first-order chi connectivity index (χ1) is 14.5. The van der Waals surface area contributed by atoms with Gasteiger partial charge in [0.2, 0.25) is 5.91 Å². The van der Waals surface area contributed by atoms with Crippen LogP contribution >= 0.6 is 11.6 Å². The van der Waals surface area contributed by atoms with Crippen LogP contribution in [-0.4, -0.2) is 67.4 Å². The number of esters is 1. The number of rotatable bonds is 7. The maximum Gasteiger partial charge on any atom is 0.327 e. The molecule has 1 saturated heterocycles. The van der Waals surface area contributed by atoms with Crippen LogP contribution in [-0.2, 0) is 14.3 Å². The normalized spacial score (nSPS) is 15.5. The van der Waals surface area contributed by atoms with Gasteiger partial charge in [0.1, 0.15) is 12.3 Å². The Morgan fingerprint density at radius 3 is 2.43 bits per heavy atom. The zero-order valence-electron chi connectivity index (χ0n) is 16.7. The van der Waals surface area contributed by atoms with Gasteiger partial charge in [-0.3, -0.25) is 14.5 Å². The Kier molecular flexibility index (Phi) is 7.48. The van der Waals surface area contributed by atoms with Crippen LogP contribution in [0.25, 0.3) is 0 Å². The van der Waals surface area contributed by atoms with Crippen molar-refractivity contribution in [3.8, 4) is 0 Å². The second-order valence-corrected chi connectivity index (χ2v) is 7.35. The number of nitrogens with one attached hydrogen (secondary N) is 1. The fourth-order valence-electron chi connectivity index (χ4n) is 3.42. The highest BCUT2D eigenvalue weighted by molar-refractivity contribution is 6.30. The Morgan fingerprint density at radius 2 is 1.83 bits per heavy atom. The van der Waals surface area contributed by atoms with E-state index in [4.69, 9.17) is 20.8 Å². The van der Waals surface area contributed by atoms with Gasteiger partial charge in [0.05, 0.1) is 18.9 Å². The molecule has 1 aliphatic rings. The number of piperazine rings is 1. The molecule has 0 saturated carbocycles. The lowest BCUT2D eigenvalue weighted by Gasteiger charge is -2.38. The summed E-state index contributed by atoms with van der Waals surface area (Å²) in [5.74, 6) is -0.660. The molecule has 9 heteroatoms. The molecule has 3 rings (SSSR count). The maximum absolute atomic E-state index is 12.5. The predicted octanol–water partition coefficient (Wildman–Crippen LogP) is 2.11. The summed E-state index contributed by atoms with van der Waals surface area (Å²) in [7, 11) is 1.36. The van der Waals surface area contributed by atoms with E-state index in [2.05, 4.69) is 5.32 Å². The molecular formula is C21H24ClN3O5. The number of carbonyl (C=O) groups excluding carboxylic acids is 3. The van der Waals surface area contributed by atoms with E-state index in [-0.39, 0.29) is 30.7 Å². The summed E-state index contributed by atoms with van der Waals surface area (Å²) in [6.45, 7) is 2.31. The third-order valence-electron chi connectivity index (χ3n) is 5.05. The molecule has 1 aromatic heterocycles. The third-order valence-corrected chi connectivity index (χ3v) is 5.30.